The van der Waals surface area contributed by atoms with Crippen LogP contribution in [-0.2, 0) is 4.79 Å². The molecule has 1 spiro atoms. The van der Waals surface area contributed by atoms with Crippen molar-refractivity contribution in [3.63, 3.8) is 0 Å². The maximum Gasteiger partial charge on any atom is 0.230 e. The topological polar surface area (TPSA) is 53.8 Å². The number of carbonyl (C=O) groups excluding carboxylic acids is 1. The number of nitrogens with one attached hydrogen (secondary N) is 1. The standard InChI is InChI=1S/C20H25N3OS/c24-17(21-16-10-4-5-11-16)14-25-19-18(15-8-2-1-3-9-15)22-20(23-19)12-6-7-13-20/h1-3,8-9,16H,4-7,10-14H2,(H,21,24). The summed E-state index contributed by atoms with van der Waals surface area (Å²) < 4.78 is 0. The van der Waals surface area contributed by atoms with E-state index in [0.717, 1.165) is 42.0 Å². The smallest absolute Gasteiger partial charge is 0.230 e. The highest BCUT2D eigenvalue weighted by atomic mass is 32.2. The summed E-state index contributed by atoms with van der Waals surface area (Å²) in [4.78, 5) is 22.3. The molecule has 1 heterocycles. The van der Waals surface area contributed by atoms with E-state index in [1.54, 1.807) is 11.8 Å². The number of rotatable bonds is 4. The Bertz CT molecular complexity index is 686. The van der Waals surface area contributed by atoms with Crippen LogP contribution in [0.5, 0.6) is 0 Å². The summed E-state index contributed by atoms with van der Waals surface area (Å²) in [7, 11) is 0. The number of aliphatic imine (C=N–C) groups is 2. The Balaban J connectivity index is 1.46. The lowest BCUT2D eigenvalue weighted by Crippen LogP contribution is -2.34. The lowest BCUT2D eigenvalue weighted by molar-refractivity contribution is -0.119. The molecule has 0 bridgehead atoms. The van der Waals surface area contributed by atoms with Gasteiger partial charge in [-0.1, -0.05) is 54.9 Å². The van der Waals surface area contributed by atoms with E-state index in [2.05, 4.69) is 17.4 Å². The van der Waals surface area contributed by atoms with Gasteiger partial charge in [-0.25, -0.2) is 4.99 Å². The van der Waals surface area contributed by atoms with Crippen LogP contribution in [0.15, 0.2) is 40.3 Å². The van der Waals surface area contributed by atoms with Crippen LogP contribution < -0.4 is 5.32 Å². The fourth-order valence-corrected chi connectivity index (χ4v) is 4.93. The first-order valence-electron chi connectivity index (χ1n) is 9.42. The number of benzene rings is 1. The Labute approximate surface area is 153 Å². The summed E-state index contributed by atoms with van der Waals surface area (Å²) >= 11 is 1.55. The van der Waals surface area contributed by atoms with E-state index in [9.17, 15) is 4.79 Å². The third-order valence-electron chi connectivity index (χ3n) is 5.34. The van der Waals surface area contributed by atoms with Crippen LogP contribution in [0.2, 0.25) is 0 Å². The fraction of sp³-hybridized carbons (Fsp3) is 0.550. The van der Waals surface area contributed by atoms with Crippen molar-refractivity contribution in [1.82, 2.24) is 5.32 Å². The lowest BCUT2D eigenvalue weighted by atomic mass is 10.1. The number of carbonyl (C=O) groups is 1. The molecule has 3 aliphatic rings. The Kier molecular flexibility index (Phi) is 4.93. The predicted molar refractivity (Wildman–Crippen MR) is 104 cm³/mol. The molecule has 25 heavy (non-hydrogen) atoms. The molecule has 1 aromatic carbocycles. The molecule has 2 saturated carbocycles. The first-order valence-corrected chi connectivity index (χ1v) is 10.4. The van der Waals surface area contributed by atoms with E-state index in [4.69, 9.17) is 9.98 Å². The van der Waals surface area contributed by atoms with E-state index in [-0.39, 0.29) is 11.6 Å². The van der Waals surface area contributed by atoms with Gasteiger partial charge in [0.25, 0.3) is 0 Å². The molecule has 0 saturated heterocycles. The van der Waals surface area contributed by atoms with Crippen LogP contribution in [0.25, 0.3) is 0 Å². The summed E-state index contributed by atoms with van der Waals surface area (Å²) in [5.41, 5.74) is 1.82. The molecule has 2 fully saturated rings. The van der Waals surface area contributed by atoms with Crippen molar-refractivity contribution in [2.24, 2.45) is 9.98 Å². The molecule has 1 aliphatic heterocycles. The molecule has 1 aromatic rings. The molecule has 5 heteroatoms. The van der Waals surface area contributed by atoms with Gasteiger partial charge in [0.05, 0.1) is 11.5 Å². The second-order valence-electron chi connectivity index (χ2n) is 7.27. The molecule has 4 nitrogen and oxygen atoms in total. The average Bonchev–Trinajstić information content (AvgIpc) is 3.37. The second-order valence-corrected chi connectivity index (χ2v) is 8.23. The maximum absolute atomic E-state index is 12.3. The quantitative estimate of drug-likeness (QED) is 0.889. The Hall–Kier alpha value is -1.62. The van der Waals surface area contributed by atoms with Gasteiger partial charge in [-0.15, -0.1) is 0 Å². The van der Waals surface area contributed by atoms with Crippen molar-refractivity contribution < 1.29 is 4.79 Å². The highest BCUT2D eigenvalue weighted by Crippen LogP contribution is 2.40. The van der Waals surface area contributed by atoms with Gasteiger partial charge in [-0.2, -0.15) is 0 Å². The molecule has 1 N–H and O–H groups in total. The van der Waals surface area contributed by atoms with E-state index in [1.807, 2.05) is 18.2 Å². The van der Waals surface area contributed by atoms with Crippen molar-refractivity contribution >= 4 is 28.4 Å². The third-order valence-corrected chi connectivity index (χ3v) is 6.31. The van der Waals surface area contributed by atoms with Crippen molar-refractivity contribution in [2.75, 3.05) is 5.75 Å². The minimum absolute atomic E-state index is 0.124. The predicted octanol–water partition coefficient (Wildman–Crippen LogP) is 3.95. The average molecular weight is 356 g/mol. The van der Waals surface area contributed by atoms with Gasteiger partial charge < -0.3 is 5.32 Å². The van der Waals surface area contributed by atoms with Crippen LogP contribution in [0.3, 0.4) is 0 Å². The Morgan fingerprint density at radius 3 is 2.52 bits per heavy atom. The van der Waals surface area contributed by atoms with Gasteiger partial charge >= 0.3 is 0 Å². The van der Waals surface area contributed by atoms with Gasteiger partial charge in [0.2, 0.25) is 5.91 Å². The van der Waals surface area contributed by atoms with Crippen LogP contribution >= 0.6 is 11.8 Å². The molecule has 0 radical (unpaired) electrons. The molecule has 0 unspecified atom stereocenters. The number of hydrogen-bond acceptors (Lipinski definition) is 4. The minimum atomic E-state index is -0.255. The first-order chi connectivity index (χ1) is 12.2. The first kappa shape index (κ1) is 16.8. The molecule has 4 rings (SSSR count). The normalized spacial score (nSPS) is 22.2. The SMILES string of the molecule is O=C(CSC1=NC2(CCCC2)N=C1c1ccccc1)NC1CCCC1. The van der Waals surface area contributed by atoms with Crippen LogP contribution in [0.1, 0.15) is 56.9 Å². The van der Waals surface area contributed by atoms with Gasteiger partial charge in [0, 0.05) is 11.6 Å². The van der Waals surface area contributed by atoms with Gasteiger partial charge in [0.15, 0.2) is 5.66 Å². The Morgan fingerprint density at radius 2 is 1.80 bits per heavy atom. The summed E-state index contributed by atoms with van der Waals surface area (Å²) in [5, 5.41) is 4.10. The zero-order valence-electron chi connectivity index (χ0n) is 14.5. The van der Waals surface area contributed by atoms with Gasteiger partial charge in [-0.3, -0.25) is 9.79 Å². The number of hydrogen-bond donors (Lipinski definition) is 1. The monoisotopic (exact) mass is 355 g/mol. The highest BCUT2D eigenvalue weighted by Gasteiger charge is 2.39. The summed E-state index contributed by atoms with van der Waals surface area (Å²) in [6.45, 7) is 0. The van der Waals surface area contributed by atoms with Crippen molar-refractivity contribution in [2.45, 2.75) is 63.1 Å². The maximum atomic E-state index is 12.3. The molecule has 2 aliphatic carbocycles. The molecule has 1 amide bonds. The summed E-state index contributed by atoms with van der Waals surface area (Å²) in [6.07, 6.45) is 9.15. The largest absolute Gasteiger partial charge is 0.353 e. The summed E-state index contributed by atoms with van der Waals surface area (Å²) in [6, 6.07) is 10.6. The Morgan fingerprint density at radius 1 is 1.08 bits per heavy atom. The van der Waals surface area contributed by atoms with Crippen molar-refractivity contribution in [1.29, 1.82) is 0 Å². The van der Waals surface area contributed by atoms with E-state index in [1.165, 1.54) is 25.7 Å². The van der Waals surface area contributed by atoms with Crippen molar-refractivity contribution in [3.05, 3.63) is 35.9 Å². The highest BCUT2D eigenvalue weighted by molar-refractivity contribution is 8.16. The van der Waals surface area contributed by atoms with Gasteiger partial charge in [0.1, 0.15) is 5.04 Å². The van der Waals surface area contributed by atoms with Crippen LogP contribution in [0, 0.1) is 0 Å². The van der Waals surface area contributed by atoms with Gasteiger partial charge in [-0.05, 0) is 38.5 Å². The fourth-order valence-electron chi connectivity index (χ4n) is 4.05. The number of amides is 1. The van der Waals surface area contributed by atoms with E-state index < -0.39 is 0 Å². The van der Waals surface area contributed by atoms with E-state index in [0.29, 0.717) is 11.8 Å². The number of thioether (sulfide) groups is 1. The van der Waals surface area contributed by atoms with E-state index >= 15 is 0 Å². The zero-order valence-corrected chi connectivity index (χ0v) is 15.4. The number of nitrogens with zero attached hydrogens (tertiary/aromatic N) is 2. The molecule has 132 valence electrons. The third kappa shape index (κ3) is 3.81. The molecular weight excluding hydrogens is 330 g/mol. The molecule has 0 aromatic heterocycles. The van der Waals surface area contributed by atoms with Crippen molar-refractivity contribution in [3.8, 4) is 0 Å². The minimum Gasteiger partial charge on any atom is -0.353 e. The van der Waals surface area contributed by atoms with Crippen LogP contribution in [-0.4, -0.2) is 34.1 Å². The molecule has 0 atom stereocenters. The second kappa shape index (κ2) is 7.32. The molecular formula is C20H25N3OS. The zero-order chi connectivity index (χ0) is 17.1. The lowest BCUT2D eigenvalue weighted by Gasteiger charge is -2.14. The van der Waals surface area contributed by atoms with Crippen LogP contribution in [0.4, 0.5) is 0 Å². The summed E-state index contributed by atoms with van der Waals surface area (Å²) in [5.74, 6) is 0.552.